The Kier molecular flexibility index (Phi) is 4.89. The van der Waals surface area contributed by atoms with Gasteiger partial charge in [0.15, 0.2) is 0 Å². The zero-order valence-corrected chi connectivity index (χ0v) is 16.0. The summed E-state index contributed by atoms with van der Waals surface area (Å²) < 4.78 is 0. The molecule has 6 nitrogen and oxygen atoms in total. The van der Waals surface area contributed by atoms with Gasteiger partial charge in [0, 0.05) is 11.3 Å². The van der Waals surface area contributed by atoms with Gasteiger partial charge in [-0.3, -0.25) is 5.10 Å². The summed E-state index contributed by atoms with van der Waals surface area (Å²) in [7, 11) is 0. The average Bonchev–Trinajstić information content (AvgIpc) is 3.11. The molecule has 0 saturated heterocycles. The molecule has 0 radical (unpaired) electrons. The van der Waals surface area contributed by atoms with Gasteiger partial charge < -0.3 is 5.73 Å². The van der Waals surface area contributed by atoms with Crippen LogP contribution in [0.3, 0.4) is 0 Å². The second kappa shape index (κ2) is 7.29. The SMILES string of the molecule is CCCc1nc(SCc2nc(N)c3c4c(sc3n2)CCCCC4)n[nH]1. The molecule has 3 aromatic rings. The summed E-state index contributed by atoms with van der Waals surface area (Å²) in [6.45, 7) is 2.13. The summed E-state index contributed by atoms with van der Waals surface area (Å²) in [5.74, 6) is 2.95. The second-order valence-corrected chi connectivity index (χ2v) is 8.40. The summed E-state index contributed by atoms with van der Waals surface area (Å²) in [5, 5.41) is 9.06. The maximum atomic E-state index is 6.30. The molecule has 0 bridgehead atoms. The molecule has 1 aliphatic carbocycles. The van der Waals surface area contributed by atoms with Crippen LogP contribution < -0.4 is 5.73 Å². The van der Waals surface area contributed by atoms with Crippen LogP contribution in [0.15, 0.2) is 5.16 Å². The van der Waals surface area contributed by atoms with E-state index in [1.165, 1.54) is 29.7 Å². The van der Waals surface area contributed by atoms with Gasteiger partial charge in [-0.1, -0.05) is 25.1 Å². The Morgan fingerprint density at radius 1 is 1.16 bits per heavy atom. The fourth-order valence-corrected chi connectivity index (χ4v) is 5.25. The van der Waals surface area contributed by atoms with E-state index >= 15 is 0 Å². The van der Waals surface area contributed by atoms with Crippen LogP contribution in [0.1, 0.15) is 54.7 Å². The van der Waals surface area contributed by atoms with Crippen molar-refractivity contribution >= 4 is 39.1 Å². The highest BCUT2D eigenvalue weighted by atomic mass is 32.2. The molecule has 8 heteroatoms. The number of aryl methyl sites for hydroxylation is 3. The lowest BCUT2D eigenvalue weighted by Crippen LogP contribution is -2.00. The lowest BCUT2D eigenvalue weighted by atomic mass is 10.1. The number of hydrogen-bond acceptors (Lipinski definition) is 7. The zero-order valence-electron chi connectivity index (χ0n) is 14.3. The Morgan fingerprint density at radius 2 is 2.04 bits per heavy atom. The summed E-state index contributed by atoms with van der Waals surface area (Å²) in [6, 6.07) is 0. The summed E-state index contributed by atoms with van der Waals surface area (Å²) in [5.41, 5.74) is 7.69. The number of nitrogens with two attached hydrogens (primary N) is 1. The van der Waals surface area contributed by atoms with Crippen molar-refractivity contribution in [1.29, 1.82) is 0 Å². The number of fused-ring (bicyclic) bond motifs is 3. The molecule has 3 N–H and O–H groups in total. The van der Waals surface area contributed by atoms with E-state index in [1.54, 1.807) is 23.1 Å². The predicted octanol–water partition coefficient (Wildman–Crippen LogP) is 3.91. The van der Waals surface area contributed by atoms with Crippen molar-refractivity contribution in [2.75, 3.05) is 5.73 Å². The topological polar surface area (TPSA) is 93.4 Å². The Labute approximate surface area is 155 Å². The van der Waals surface area contributed by atoms with Crippen LogP contribution >= 0.6 is 23.1 Å². The molecule has 0 atom stereocenters. The minimum absolute atomic E-state index is 0.627. The van der Waals surface area contributed by atoms with Crippen LogP contribution in [-0.4, -0.2) is 25.1 Å². The highest BCUT2D eigenvalue weighted by Crippen LogP contribution is 2.37. The van der Waals surface area contributed by atoms with Crippen molar-refractivity contribution < 1.29 is 0 Å². The van der Waals surface area contributed by atoms with E-state index in [9.17, 15) is 0 Å². The van der Waals surface area contributed by atoms with Crippen molar-refractivity contribution in [2.45, 2.75) is 62.8 Å². The molecular weight excluding hydrogens is 352 g/mol. The predicted molar refractivity (Wildman–Crippen MR) is 103 cm³/mol. The minimum atomic E-state index is 0.627. The molecule has 1 aliphatic rings. The van der Waals surface area contributed by atoms with Gasteiger partial charge >= 0.3 is 0 Å². The van der Waals surface area contributed by atoms with E-state index in [-0.39, 0.29) is 0 Å². The van der Waals surface area contributed by atoms with Crippen molar-refractivity contribution in [3.8, 4) is 0 Å². The molecule has 4 rings (SSSR count). The molecule has 0 aliphatic heterocycles. The molecule has 3 heterocycles. The first-order valence-corrected chi connectivity index (χ1v) is 10.7. The first kappa shape index (κ1) is 16.8. The van der Waals surface area contributed by atoms with Crippen molar-refractivity contribution in [1.82, 2.24) is 25.1 Å². The Bertz CT molecular complexity index is 885. The Morgan fingerprint density at radius 3 is 2.92 bits per heavy atom. The number of nitrogens with zero attached hydrogens (tertiary/aromatic N) is 4. The van der Waals surface area contributed by atoms with E-state index in [0.29, 0.717) is 11.6 Å². The normalized spacial score (nSPS) is 14.6. The van der Waals surface area contributed by atoms with Crippen molar-refractivity contribution in [3.63, 3.8) is 0 Å². The Hall–Kier alpha value is -1.67. The second-order valence-electron chi connectivity index (χ2n) is 6.37. The van der Waals surface area contributed by atoms with Gasteiger partial charge in [0.25, 0.3) is 0 Å². The fourth-order valence-electron chi connectivity index (χ4n) is 3.29. The molecule has 3 aromatic heterocycles. The molecule has 0 fully saturated rings. The van der Waals surface area contributed by atoms with Crippen molar-refractivity contribution in [2.24, 2.45) is 0 Å². The summed E-state index contributed by atoms with van der Waals surface area (Å²) in [4.78, 5) is 16.3. The number of hydrogen-bond donors (Lipinski definition) is 2. The van der Waals surface area contributed by atoms with Gasteiger partial charge in [0.2, 0.25) is 5.16 Å². The summed E-state index contributed by atoms with van der Waals surface area (Å²) >= 11 is 3.34. The smallest absolute Gasteiger partial charge is 0.208 e. The third kappa shape index (κ3) is 3.50. The highest BCUT2D eigenvalue weighted by Gasteiger charge is 2.19. The maximum Gasteiger partial charge on any atom is 0.208 e. The van der Waals surface area contributed by atoms with Crippen LogP contribution in [-0.2, 0) is 25.0 Å². The number of H-pyrrole nitrogens is 1. The first-order chi connectivity index (χ1) is 12.2. The first-order valence-electron chi connectivity index (χ1n) is 8.85. The number of thiophene rings is 1. The maximum absolute atomic E-state index is 6.30. The van der Waals surface area contributed by atoms with Crippen LogP contribution in [0.4, 0.5) is 5.82 Å². The van der Waals surface area contributed by atoms with Crippen molar-refractivity contribution in [3.05, 3.63) is 22.1 Å². The lowest BCUT2D eigenvalue weighted by Gasteiger charge is -2.03. The molecule has 0 amide bonds. The number of nitrogens with one attached hydrogen (secondary N) is 1. The van der Waals surface area contributed by atoms with E-state index in [2.05, 4.69) is 27.1 Å². The van der Waals surface area contributed by atoms with Gasteiger partial charge in [-0.2, -0.15) is 0 Å². The molecule has 0 unspecified atom stereocenters. The van der Waals surface area contributed by atoms with E-state index < -0.39 is 0 Å². The van der Waals surface area contributed by atoms with Gasteiger partial charge in [-0.25, -0.2) is 15.0 Å². The molecule has 0 saturated carbocycles. The van der Waals surface area contributed by atoms with E-state index in [1.807, 2.05) is 0 Å². The number of thioether (sulfide) groups is 1. The number of nitrogen functional groups attached to an aromatic ring is 1. The standard InChI is InChI=1S/C17H22N6S2/c1-2-6-12-21-17(23-22-12)24-9-13-19-15(18)14-10-7-4-3-5-8-11(10)25-16(14)20-13/h2-9H2,1H3,(H2,18,19,20)(H,21,22,23). The average molecular weight is 375 g/mol. The van der Waals surface area contributed by atoms with Gasteiger partial charge in [-0.15, -0.1) is 16.4 Å². The third-order valence-corrected chi connectivity index (χ3v) is 6.50. The van der Waals surface area contributed by atoms with Crippen LogP contribution in [0.25, 0.3) is 10.2 Å². The minimum Gasteiger partial charge on any atom is -0.383 e. The Balaban J connectivity index is 1.56. The highest BCUT2D eigenvalue weighted by molar-refractivity contribution is 7.98. The number of rotatable bonds is 5. The van der Waals surface area contributed by atoms with E-state index in [4.69, 9.17) is 10.7 Å². The number of aromatic nitrogens is 5. The third-order valence-electron chi connectivity index (χ3n) is 4.47. The fraction of sp³-hybridized carbons (Fsp3) is 0.529. The molecule has 132 valence electrons. The van der Waals surface area contributed by atoms with Gasteiger partial charge in [0.05, 0.1) is 11.1 Å². The molecular formula is C17H22N6S2. The number of aromatic amines is 1. The quantitative estimate of drug-likeness (QED) is 0.519. The molecule has 0 aromatic carbocycles. The van der Waals surface area contributed by atoms with Gasteiger partial charge in [-0.05, 0) is 37.7 Å². The summed E-state index contributed by atoms with van der Waals surface area (Å²) in [6.07, 6.45) is 8.03. The molecule has 25 heavy (non-hydrogen) atoms. The van der Waals surface area contributed by atoms with Gasteiger partial charge in [0.1, 0.15) is 22.3 Å². The molecule has 0 spiro atoms. The monoisotopic (exact) mass is 374 g/mol. The van der Waals surface area contributed by atoms with Crippen LogP contribution in [0, 0.1) is 0 Å². The number of anilines is 1. The largest absolute Gasteiger partial charge is 0.383 e. The lowest BCUT2D eigenvalue weighted by molar-refractivity contribution is 0.713. The zero-order chi connectivity index (χ0) is 17.2. The van der Waals surface area contributed by atoms with Crippen LogP contribution in [0.2, 0.25) is 0 Å². The van der Waals surface area contributed by atoms with Crippen LogP contribution in [0.5, 0.6) is 0 Å². The van der Waals surface area contributed by atoms with E-state index in [0.717, 1.165) is 52.7 Å².